The van der Waals surface area contributed by atoms with Crippen molar-refractivity contribution in [3.8, 4) is 0 Å². The Morgan fingerprint density at radius 1 is 1.56 bits per heavy atom. The van der Waals surface area contributed by atoms with E-state index in [1.807, 2.05) is 0 Å². The number of halogens is 3. The Bertz CT molecular complexity index is 489. The van der Waals surface area contributed by atoms with Crippen molar-refractivity contribution in [1.82, 2.24) is 4.90 Å². The molecule has 1 atom stereocenters. The molecule has 6 heteroatoms. The van der Waals surface area contributed by atoms with Crippen LogP contribution in [0.5, 0.6) is 0 Å². The average molecular weight is 406 g/mol. The molecule has 0 spiro atoms. The van der Waals surface area contributed by atoms with Gasteiger partial charge in [0.25, 0.3) is 0 Å². The maximum Gasteiger partial charge on any atom is 0.236 e. The summed E-state index contributed by atoms with van der Waals surface area (Å²) >= 11 is 9.20. The number of carbonyl (C=O) groups is 1. The van der Waals surface area contributed by atoms with Crippen LogP contribution in [0.15, 0.2) is 18.2 Å². The first kappa shape index (κ1) is 16.3. The van der Waals surface area contributed by atoms with Crippen LogP contribution in [0.2, 0.25) is 5.02 Å². The maximum atomic E-state index is 13.7. The fourth-order valence-electron chi connectivity index (χ4n) is 1.69. The second-order valence-electron chi connectivity index (χ2n) is 3.69. The van der Waals surface area contributed by atoms with E-state index in [1.54, 1.807) is 13.1 Å². The summed E-state index contributed by atoms with van der Waals surface area (Å²) in [5.41, 5.74) is 0.623. The van der Waals surface area contributed by atoms with Crippen LogP contribution in [-0.4, -0.2) is 22.7 Å². The number of hydrogen-bond donors (Lipinski definition) is 0. The first-order chi connectivity index (χ1) is 8.02. The molecule has 1 amide bonds. The molecule has 1 radical (unpaired) electrons. The van der Waals surface area contributed by atoms with Crippen LogP contribution in [0.4, 0.5) is 4.39 Å². The molecule has 93 valence electrons. The largest absolute Gasteiger partial charge is 0.349 e. The summed E-state index contributed by atoms with van der Waals surface area (Å²) < 4.78 is 13.7. The molecule has 2 rings (SSSR count). The molecule has 1 aromatic carbocycles. The van der Waals surface area contributed by atoms with Crippen molar-refractivity contribution in [3.63, 3.8) is 0 Å². The smallest absolute Gasteiger partial charge is 0.236 e. The standard InChI is InChI=1S/C12H9BrClFNO.Y/c1-16-10(6-5-7(13)12(16)17)11-8(14)3-2-4-9(11)15;/h2-4,7H,5H2,1H3;/q-1;. The van der Waals surface area contributed by atoms with Crippen molar-refractivity contribution in [2.45, 2.75) is 11.2 Å². The van der Waals surface area contributed by atoms with Crippen molar-refractivity contribution < 1.29 is 41.9 Å². The van der Waals surface area contributed by atoms with Gasteiger partial charge in [-0.1, -0.05) is 40.0 Å². The number of rotatable bonds is 1. The zero-order valence-corrected chi connectivity index (χ0v) is 14.8. The fourth-order valence-corrected chi connectivity index (χ4v) is 2.41. The Balaban J connectivity index is 0.00000162. The van der Waals surface area contributed by atoms with E-state index in [0.717, 1.165) is 0 Å². The number of hydrogen-bond acceptors (Lipinski definition) is 1. The molecule has 1 aliphatic heterocycles. The first-order valence-corrected chi connectivity index (χ1v) is 6.28. The topological polar surface area (TPSA) is 20.3 Å². The van der Waals surface area contributed by atoms with E-state index in [9.17, 15) is 9.18 Å². The third-order valence-electron chi connectivity index (χ3n) is 2.58. The molecule has 0 fully saturated rings. The second kappa shape index (κ2) is 6.60. The Kier molecular flexibility index (Phi) is 5.97. The summed E-state index contributed by atoms with van der Waals surface area (Å²) in [4.78, 5) is 12.8. The van der Waals surface area contributed by atoms with Crippen molar-refractivity contribution >= 4 is 39.1 Å². The van der Waals surface area contributed by atoms with Crippen molar-refractivity contribution in [3.05, 3.63) is 40.7 Å². The molecule has 0 saturated carbocycles. The van der Waals surface area contributed by atoms with E-state index < -0.39 is 5.82 Å². The number of carbonyl (C=O) groups excluding carboxylic acids is 1. The van der Waals surface area contributed by atoms with Gasteiger partial charge in [-0.2, -0.15) is 0 Å². The van der Waals surface area contributed by atoms with E-state index >= 15 is 0 Å². The van der Waals surface area contributed by atoms with E-state index in [-0.39, 0.29) is 54.0 Å². The van der Waals surface area contributed by atoms with Gasteiger partial charge < -0.3 is 4.90 Å². The van der Waals surface area contributed by atoms with Gasteiger partial charge in [-0.3, -0.25) is 4.79 Å². The van der Waals surface area contributed by atoms with E-state index in [4.69, 9.17) is 11.6 Å². The van der Waals surface area contributed by atoms with Crippen LogP contribution < -0.4 is 0 Å². The van der Waals surface area contributed by atoms with Gasteiger partial charge in [0, 0.05) is 39.8 Å². The summed E-state index contributed by atoms with van der Waals surface area (Å²) in [6.45, 7) is 0. The summed E-state index contributed by atoms with van der Waals surface area (Å²) in [6.07, 6.45) is 3.40. The van der Waals surface area contributed by atoms with E-state index in [0.29, 0.717) is 12.1 Å². The van der Waals surface area contributed by atoms with Crippen LogP contribution in [0.1, 0.15) is 12.0 Å². The van der Waals surface area contributed by atoms with Gasteiger partial charge in [-0.05, 0) is 11.1 Å². The molecule has 1 aromatic rings. The van der Waals surface area contributed by atoms with Crippen LogP contribution in [-0.2, 0) is 37.5 Å². The quantitative estimate of drug-likeness (QED) is 0.518. The summed E-state index contributed by atoms with van der Waals surface area (Å²) in [5.74, 6) is -0.578. The number of alkyl halides is 1. The number of nitrogens with zero attached hydrogens (tertiary/aromatic N) is 1. The van der Waals surface area contributed by atoms with Gasteiger partial charge in [-0.25, -0.2) is 10.5 Å². The van der Waals surface area contributed by atoms with Crippen LogP contribution >= 0.6 is 27.5 Å². The Labute approximate surface area is 144 Å². The molecule has 2 nitrogen and oxygen atoms in total. The molecule has 18 heavy (non-hydrogen) atoms. The zero-order valence-electron chi connectivity index (χ0n) is 9.58. The van der Waals surface area contributed by atoms with Crippen molar-refractivity contribution in [1.29, 1.82) is 0 Å². The Hall–Kier alpha value is 0.234. The molecule has 0 saturated heterocycles. The minimum atomic E-state index is -0.451. The second-order valence-corrected chi connectivity index (χ2v) is 5.20. The fraction of sp³-hybridized carbons (Fsp3) is 0.250. The van der Waals surface area contributed by atoms with Crippen molar-refractivity contribution in [2.75, 3.05) is 7.05 Å². The van der Waals surface area contributed by atoms with E-state index in [2.05, 4.69) is 22.0 Å². The third kappa shape index (κ3) is 3.03. The predicted molar refractivity (Wildman–Crippen MR) is 68.2 cm³/mol. The number of amides is 1. The third-order valence-corrected chi connectivity index (χ3v) is 3.61. The van der Waals surface area contributed by atoms with Crippen LogP contribution in [0, 0.1) is 11.9 Å². The SMILES string of the molecule is CN1C(=O)C(Br)C[C-]=C1c1c(F)cccc1Cl.[Y]. The number of allylic oxidation sites excluding steroid dienone is 1. The van der Waals surface area contributed by atoms with Gasteiger partial charge in [-0.15, -0.1) is 17.3 Å². The van der Waals surface area contributed by atoms with E-state index in [1.165, 1.54) is 17.0 Å². The minimum Gasteiger partial charge on any atom is -0.349 e. The molecular formula is C12H9BrClFNOY-. The van der Waals surface area contributed by atoms with Gasteiger partial charge in [0.05, 0.1) is 10.6 Å². The van der Waals surface area contributed by atoms with Gasteiger partial charge in [0.2, 0.25) is 5.91 Å². The molecule has 0 aromatic heterocycles. The van der Waals surface area contributed by atoms with Crippen molar-refractivity contribution in [2.24, 2.45) is 0 Å². The Morgan fingerprint density at radius 2 is 2.22 bits per heavy atom. The summed E-state index contributed by atoms with van der Waals surface area (Å²) in [6, 6.07) is 4.43. The summed E-state index contributed by atoms with van der Waals surface area (Å²) in [5, 5.41) is 0.278. The molecule has 1 heterocycles. The maximum absolute atomic E-state index is 13.7. The molecule has 0 aliphatic carbocycles. The predicted octanol–water partition coefficient (Wildman–Crippen LogP) is 3.25. The minimum absolute atomic E-state index is 0. The molecule has 0 N–H and O–H groups in total. The van der Waals surface area contributed by atoms with Gasteiger partial charge in [0.15, 0.2) is 0 Å². The monoisotopic (exact) mass is 405 g/mol. The molecular weight excluding hydrogens is 397 g/mol. The zero-order chi connectivity index (χ0) is 12.6. The Morgan fingerprint density at radius 3 is 2.83 bits per heavy atom. The van der Waals surface area contributed by atoms with Crippen LogP contribution in [0.25, 0.3) is 5.70 Å². The first-order valence-electron chi connectivity index (χ1n) is 4.99. The average Bonchev–Trinajstić information content (AvgIpc) is 2.29. The summed E-state index contributed by atoms with van der Waals surface area (Å²) in [7, 11) is 1.58. The van der Waals surface area contributed by atoms with Gasteiger partial charge in [0.1, 0.15) is 0 Å². The number of benzene rings is 1. The van der Waals surface area contributed by atoms with Gasteiger partial charge >= 0.3 is 0 Å². The molecule has 0 bridgehead atoms. The van der Waals surface area contributed by atoms with Crippen LogP contribution in [0.3, 0.4) is 0 Å². The molecule has 1 unspecified atom stereocenters. The molecule has 1 aliphatic rings. The normalized spacial score (nSPS) is 19.3.